The number of hydrogen-bond acceptors (Lipinski definition) is 2. The maximum absolute atomic E-state index is 13.4. The molecule has 0 fully saturated rings. The van der Waals surface area contributed by atoms with Crippen molar-refractivity contribution in [2.45, 2.75) is 6.92 Å². The quantitative estimate of drug-likeness (QED) is 0.409. The Morgan fingerprint density at radius 2 is 1.67 bits per heavy atom. The Bertz CT molecular complexity index is 1140. The van der Waals surface area contributed by atoms with Crippen molar-refractivity contribution >= 4 is 46.6 Å². The van der Waals surface area contributed by atoms with Gasteiger partial charge in [0.1, 0.15) is 5.75 Å². The third-order valence-corrected chi connectivity index (χ3v) is 5.55. The molecule has 0 bridgehead atoms. The Balaban J connectivity index is 1.79. The van der Waals surface area contributed by atoms with Gasteiger partial charge in [-0.15, -0.1) is 0 Å². The number of ether oxygens (including phenoxy) is 1. The SMILES string of the molecule is CCOc1ccc(/C=C2\C=C(c3ccccc3)N(c3cccc(Cl)c3Cl)C2=O)cc1. The van der Waals surface area contributed by atoms with Crippen LogP contribution in [0.5, 0.6) is 5.75 Å². The zero-order chi connectivity index (χ0) is 21.1. The van der Waals surface area contributed by atoms with Crippen LogP contribution in [0.2, 0.25) is 10.0 Å². The molecule has 0 radical (unpaired) electrons. The lowest BCUT2D eigenvalue weighted by molar-refractivity contribution is -0.113. The van der Waals surface area contributed by atoms with E-state index in [1.54, 1.807) is 23.1 Å². The van der Waals surface area contributed by atoms with Gasteiger partial charge in [0.2, 0.25) is 0 Å². The van der Waals surface area contributed by atoms with Gasteiger partial charge >= 0.3 is 0 Å². The van der Waals surface area contributed by atoms with Crippen molar-refractivity contribution in [1.29, 1.82) is 0 Å². The monoisotopic (exact) mass is 435 g/mol. The number of carbonyl (C=O) groups is 1. The zero-order valence-corrected chi connectivity index (χ0v) is 17.8. The summed E-state index contributed by atoms with van der Waals surface area (Å²) in [6.07, 6.45) is 3.74. The van der Waals surface area contributed by atoms with Gasteiger partial charge < -0.3 is 4.74 Å². The van der Waals surface area contributed by atoms with Crippen LogP contribution in [0.25, 0.3) is 11.8 Å². The van der Waals surface area contributed by atoms with Gasteiger partial charge in [-0.1, -0.05) is 71.7 Å². The predicted octanol–water partition coefficient (Wildman–Crippen LogP) is 6.86. The number of rotatable bonds is 5. The molecule has 150 valence electrons. The van der Waals surface area contributed by atoms with Gasteiger partial charge in [0, 0.05) is 5.57 Å². The predicted molar refractivity (Wildman–Crippen MR) is 124 cm³/mol. The second-order valence-electron chi connectivity index (χ2n) is 6.71. The zero-order valence-electron chi connectivity index (χ0n) is 16.3. The van der Waals surface area contributed by atoms with E-state index in [-0.39, 0.29) is 5.91 Å². The number of halogens is 2. The van der Waals surface area contributed by atoms with Crippen molar-refractivity contribution in [3.8, 4) is 5.75 Å². The van der Waals surface area contributed by atoms with Crippen LogP contribution in [0.3, 0.4) is 0 Å². The molecule has 0 saturated carbocycles. The van der Waals surface area contributed by atoms with E-state index in [0.717, 1.165) is 22.6 Å². The lowest BCUT2D eigenvalue weighted by Crippen LogP contribution is -2.25. The average Bonchev–Trinajstić information content (AvgIpc) is 3.08. The highest BCUT2D eigenvalue weighted by Crippen LogP contribution is 2.41. The van der Waals surface area contributed by atoms with E-state index in [4.69, 9.17) is 27.9 Å². The summed E-state index contributed by atoms with van der Waals surface area (Å²) in [5, 5.41) is 0.745. The third kappa shape index (κ3) is 4.00. The Hall–Kier alpha value is -3.01. The van der Waals surface area contributed by atoms with Crippen LogP contribution in [-0.4, -0.2) is 12.5 Å². The van der Waals surface area contributed by atoms with Crippen LogP contribution in [-0.2, 0) is 4.79 Å². The molecule has 1 amide bonds. The molecule has 0 atom stereocenters. The highest BCUT2D eigenvalue weighted by Gasteiger charge is 2.32. The minimum Gasteiger partial charge on any atom is -0.494 e. The van der Waals surface area contributed by atoms with E-state index in [9.17, 15) is 4.79 Å². The number of anilines is 1. The summed E-state index contributed by atoms with van der Waals surface area (Å²) in [7, 11) is 0. The topological polar surface area (TPSA) is 29.5 Å². The molecule has 0 aromatic heterocycles. The Labute approximate surface area is 185 Å². The molecule has 0 N–H and O–H groups in total. The van der Waals surface area contributed by atoms with Crippen LogP contribution in [0, 0.1) is 0 Å². The molecule has 1 aliphatic rings. The smallest absolute Gasteiger partial charge is 0.262 e. The van der Waals surface area contributed by atoms with Gasteiger partial charge in [0.05, 0.1) is 28.0 Å². The highest BCUT2D eigenvalue weighted by atomic mass is 35.5. The Morgan fingerprint density at radius 1 is 0.933 bits per heavy atom. The molecule has 5 heteroatoms. The van der Waals surface area contributed by atoms with Gasteiger partial charge in [-0.25, -0.2) is 0 Å². The number of amides is 1. The lowest BCUT2D eigenvalue weighted by atomic mass is 10.1. The molecule has 0 saturated heterocycles. The number of nitrogens with zero attached hydrogens (tertiary/aromatic N) is 1. The van der Waals surface area contributed by atoms with E-state index in [1.165, 1.54) is 0 Å². The van der Waals surface area contributed by atoms with E-state index in [0.29, 0.717) is 27.9 Å². The number of hydrogen-bond donors (Lipinski definition) is 0. The maximum Gasteiger partial charge on any atom is 0.262 e. The van der Waals surface area contributed by atoms with Crippen molar-refractivity contribution in [3.05, 3.63) is 106 Å². The molecular weight excluding hydrogens is 417 g/mol. The molecule has 3 aromatic rings. The molecule has 3 nitrogen and oxygen atoms in total. The second kappa shape index (κ2) is 8.78. The van der Waals surface area contributed by atoms with Crippen LogP contribution in [0.1, 0.15) is 18.1 Å². The molecule has 1 aliphatic heterocycles. The fourth-order valence-electron chi connectivity index (χ4n) is 3.35. The average molecular weight is 436 g/mol. The molecule has 4 rings (SSSR count). The fourth-order valence-corrected chi connectivity index (χ4v) is 3.73. The summed E-state index contributed by atoms with van der Waals surface area (Å²) < 4.78 is 5.49. The van der Waals surface area contributed by atoms with Crippen molar-refractivity contribution < 1.29 is 9.53 Å². The van der Waals surface area contributed by atoms with Gasteiger partial charge in [0.15, 0.2) is 0 Å². The molecular formula is C25H19Cl2NO2. The second-order valence-corrected chi connectivity index (χ2v) is 7.50. The summed E-state index contributed by atoms with van der Waals surface area (Å²) in [6.45, 7) is 2.55. The van der Waals surface area contributed by atoms with Gasteiger partial charge in [-0.05, 0) is 54.5 Å². The minimum absolute atomic E-state index is 0.160. The summed E-state index contributed by atoms with van der Waals surface area (Å²) in [4.78, 5) is 15.0. The Kier molecular flexibility index (Phi) is 5.93. The van der Waals surface area contributed by atoms with Crippen LogP contribution in [0.4, 0.5) is 5.69 Å². The first-order chi connectivity index (χ1) is 14.6. The standard InChI is InChI=1S/C25H19Cl2NO2/c1-2-30-20-13-11-17(12-14-20)15-19-16-23(18-7-4-3-5-8-18)28(25(19)29)22-10-6-9-21(26)24(22)27/h3-16H,2H2,1H3/b19-15+. The van der Waals surface area contributed by atoms with Gasteiger partial charge in [-0.3, -0.25) is 9.69 Å². The minimum atomic E-state index is -0.160. The van der Waals surface area contributed by atoms with Crippen molar-refractivity contribution in [2.24, 2.45) is 0 Å². The van der Waals surface area contributed by atoms with E-state index < -0.39 is 0 Å². The molecule has 0 aliphatic carbocycles. The Morgan fingerprint density at radius 3 is 2.37 bits per heavy atom. The van der Waals surface area contributed by atoms with Crippen molar-refractivity contribution in [2.75, 3.05) is 11.5 Å². The van der Waals surface area contributed by atoms with E-state index in [2.05, 4.69) is 0 Å². The lowest BCUT2D eigenvalue weighted by Gasteiger charge is -2.22. The first kappa shape index (κ1) is 20.3. The van der Waals surface area contributed by atoms with Crippen LogP contribution >= 0.6 is 23.2 Å². The summed E-state index contributed by atoms with van der Waals surface area (Å²) >= 11 is 12.7. The summed E-state index contributed by atoms with van der Waals surface area (Å²) in [5.41, 5.74) is 3.69. The summed E-state index contributed by atoms with van der Waals surface area (Å²) in [5.74, 6) is 0.636. The highest BCUT2D eigenvalue weighted by molar-refractivity contribution is 6.44. The van der Waals surface area contributed by atoms with Gasteiger partial charge in [0.25, 0.3) is 5.91 Å². The molecule has 3 aromatic carbocycles. The maximum atomic E-state index is 13.4. The summed E-state index contributed by atoms with van der Waals surface area (Å²) in [6, 6.07) is 22.7. The van der Waals surface area contributed by atoms with Crippen LogP contribution < -0.4 is 9.64 Å². The molecule has 30 heavy (non-hydrogen) atoms. The molecule has 1 heterocycles. The fraction of sp³-hybridized carbons (Fsp3) is 0.0800. The normalized spacial score (nSPS) is 14.9. The molecule has 0 spiro atoms. The van der Waals surface area contributed by atoms with Gasteiger partial charge in [-0.2, -0.15) is 0 Å². The number of benzene rings is 3. The number of carbonyl (C=O) groups excluding carboxylic acids is 1. The van der Waals surface area contributed by atoms with E-state index in [1.807, 2.05) is 73.7 Å². The largest absolute Gasteiger partial charge is 0.494 e. The first-order valence-corrected chi connectivity index (χ1v) is 10.3. The molecule has 0 unspecified atom stereocenters. The first-order valence-electron chi connectivity index (χ1n) is 9.58. The van der Waals surface area contributed by atoms with Crippen molar-refractivity contribution in [1.82, 2.24) is 0 Å². The third-order valence-electron chi connectivity index (χ3n) is 4.74. The van der Waals surface area contributed by atoms with Crippen LogP contribution in [0.15, 0.2) is 84.4 Å². The van der Waals surface area contributed by atoms with E-state index >= 15 is 0 Å². The van der Waals surface area contributed by atoms with Crippen molar-refractivity contribution in [3.63, 3.8) is 0 Å².